The van der Waals surface area contributed by atoms with Gasteiger partial charge in [0.15, 0.2) is 0 Å². The Labute approximate surface area is 93.5 Å². The standard InChI is InChI=1S/C11H14N2O3/c1-8(14)16-13-10(11(12)15)7-9-5-3-2-4-6-9/h2-6,10,13H,7H2,1H3,(H2,12,15). The Morgan fingerprint density at radius 1 is 1.38 bits per heavy atom. The highest BCUT2D eigenvalue weighted by atomic mass is 16.7. The van der Waals surface area contributed by atoms with Crippen molar-refractivity contribution in [1.82, 2.24) is 5.48 Å². The second kappa shape index (κ2) is 5.87. The van der Waals surface area contributed by atoms with Crippen LogP contribution in [0, 0.1) is 0 Å². The molecule has 16 heavy (non-hydrogen) atoms. The second-order valence-electron chi connectivity index (χ2n) is 3.36. The molecule has 3 N–H and O–H groups in total. The minimum Gasteiger partial charge on any atom is -0.370 e. The predicted molar refractivity (Wildman–Crippen MR) is 58.0 cm³/mol. The molecule has 5 heteroatoms. The molecule has 0 radical (unpaired) electrons. The van der Waals surface area contributed by atoms with E-state index in [9.17, 15) is 9.59 Å². The van der Waals surface area contributed by atoms with Crippen molar-refractivity contribution in [3.8, 4) is 0 Å². The van der Waals surface area contributed by atoms with E-state index in [4.69, 9.17) is 5.73 Å². The zero-order chi connectivity index (χ0) is 12.0. The lowest BCUT2D eigenvalue weighted by Gasteiger charge is -2.13. The summed E-state index contributed by atoms with van der Waals surface area (Å²) in [4.78, 5) is 26.2. The van der Waals surface area contributed by atoms with Crippen molar-refractivity contribution in [3.05, 3.63) is 35.9 Å². The Morgan fingerprint density at radius 2 is 2.00 bits per heavy atom. The number of nitrogens with two attached hydrogens (primary N) is 1. The van der Waals surface area contributed by atoms with Gasteiger partial charge in [-0.3, -0.25) is 9.59 Å². The van der Waals surface area contributed by atoms with Gasteiger partial charge in [0.25, 0.3) is 0 Å². The van der Waals surface area contributed by atoms with Crippen LogP contribution in [0.15, 0.2) is 30.3 Å². The number of amides is 1. The molecule has 0 fully saturated rings. The van der Waals surface area contributed by atoms with Crippen LogP contribution in [0.1, 0.15) is 12.5 Å². The lowest BCUT2D eigenvalue weighted by atomic mass is 10.1. The smallest absolute Gasteiger partial charge is 0.321 e. The molecule has 0 aliphatic carbocycles. The van der Waals surface area contributed by atoms with Gasteiger partial charge in [-0.15, -0.1) is 5.48 Å². The van der Waals surface area contributed by atoms with E-state index in [0.29, 0.717) is 6.42 Å². The third-order valence-corrected chi connectivity index (χ3v) is 1.97. The summed E-state index contributed by atoms with van der Waals surface area (Å²) in [5, 5.41) is 0. The molecule has 0 saturated heterocycles. The van der Waals surface area contributed by atoms with Gasteiger partial charge < -0.3 is 10.6 Å². The highest BCUT2D eigenvalue weighted by Gasteiger charge is 2.16. The van der Waals surface area contributed by atoms with Crippen molar-refractivity contribution < 1.29 is 14.4 Å². The monoisotopic (exact) mass is 222 g/mol. The minimum atomic E-state index is -0.716. The molecule has 0 aliphatic heterocycles. The first kappa shape index (κ1) is 12.2. The Morgan fingerprint density at radius 3 is 2.50 bits per heavy atom. The number of carbonyl (C=O) groups excluding carboxylic acids is 2. The van der Waals surface area contributed by atoms with E-state index in [1.807, 2.05) is 30.3 Å². The van der Waals surface area contributed by atoms with Crippen LogP contribution >= 0.6 is 0 Å². The molecule has 0 saturated carbocycles. The van der Waals surface area contributed by atoms with Gasteiger partial charge in [-0.2, -0.15) is 0 Å². The molecular formula is C11H14N2O3. The van der Waals surface area contributed by atoms with E-state index in [2.05, 4.69) is 10.3 Å². The van der Waals surface area contributed by atoms with E-state index in [-0.39, 0.29) is 0 Å². The molecule has 0 aromatic heterocycles. The van der Waals surface area contributed by atoms with E-state index in [1.165, 1.54) is 6.92 Å². The highest BCUT2D eigenvalue weighted by molar-refractivity contribution is 5.80. The van der Waals surface area contributed by atoms with E-state index < -0.39 is 17.9 Å². The van der Waals surface area contributed by atoms with Gasteiger partial charge in [-0.05, 0) is 12.0 Å². The van der Waals surface area contributed by atoms with Crippen LogP contribution < -0.4 is 11.2 Å². The van der Waals surface area contributed by atoms with E-state index in [1.54, 1.807) is 0 Å². The summed E-state index contributed by atoms with van der Waals surface area (Å²) >= 11 is 0. The molecule has 1 aromatic rings. The quantitative estimate of drug-likeness (QED) is 0.695. The third-order valence-electron chi connectivity index (χ3n) is 1.97. The zero-order valence-electron chi connectivity index (χ0n) is 8.97. The number of benzene rings is 1. The molecular weight excluding hydrogens is 208 g/mol. The molecule has 1 unspecified atom stereocenters. The summed E-state index contributed by atoms with van der Waals surface area (Å²) in [6.45, 7) is 1.24. The number of nitrogens with one attached hydrogen (secondary N) is 1. The summed E-state index contributed by atoms with van der Waals surface area (Å²) < 4.78 is 0. The molecule has 0 aliphatic rings. The molecule has 1 atom stereocenters. The van der Waals surface area contributed by atoms with Crippen LogP contribution in [0.25, 0.3) is 0 Å². The Hall–Kier alpha value is -1.88. The first-order valence-corrected chi connectivity index (χ1v) is 4.86. The average Bonchev–Trinajstić information content (AvgIpc) is 2.25. The summed E-state index contributed by atoms with van der Waals surface area (Å²) in [5.74, 6) is -1.08. The van der Waals surface area contributed by atoms with Gasteiger partial charge in [-0.1, -0.05) is 30.3 Å². The fourth-order valence-corrected chi connectivity index (χ4v) is 1.20. The SMILES string of the molecule is CC(=O)ONC(Cc1ccccc1)C(N)=O. The van der Waals surface area contributed by atoms with Crippen molar-refractivity contribution in [3.63, 3.8) is 0 Å². The summed E-state index contributed by atoms with van der Waals surface area (Å²) in [7, 11) is 0. The Balaban J connectivity index is 2.58. The molecule has 1 rings (SSSR count). The predicted octanol–water partition coefficient (Wildman–Crippen LogP) is 0.151. The average molecular weight is 222 g/mol. The van der Waals surface area contributed by atoms with Crippen LogP contribution in [-0.2, 0) is 20.8 Å². The molecule has 0 heterocycles. The lowest BCUT2D eigenvalue weighted by Crippen LogP contribution is -2.43. The number of rotatable bonds is 5. The molecule has 86 valence electrons. The van der Waals surface area contributed by atoms with Crippen LogP contribution in [-0.4, -0.2) is 17.9 Å². The Kier molecular flexibility index (Phi) is 4.47. The van der Waals surface area contributed by atoms with Crippen molar-refractivity contribution >= 4 is 11.9 Å². The topological polar surface area (TPSA) is 81.4 Å². The molecule has 0 spiro atoms. The molecule has 1 amide bonds. The zero-order valence-corrected chi connectivity index (χ0v) is 8.97. The van der Waals surface area contributed by atoms with Crippen molar-refractivity contribution in [2.75, 3.05) is 0 Å². The maximum atomic E-state index is 11.1. The van der Waals surface area contributed by atoms with Crippen molar-refractivity contribution in [2.45, 2.75) is 19.4 Å². The van der Waals surface area contributed by atoms with Crippen molar-refractivity contribution in [1.29, 1.82) is 0 Å². The van der Waals surface area contributed by atoms with Crippen molar-refractivity contribution in [2.24, 2.45) is 5.73 Å². The van der Waals surface area contributed by atoms with Crippen LogP contribution in [0.5, 0.6) is 0 Å². The number of hydrogen-bond donors (Lipinski definition) is 2. The minimum absolute atomic E-state index is 0.378. The lowest BCUT2D eigenvalue weighted by molar-refractivity contribution is -0.151. The third kappa shape index (κ3) is 4.10. The first-order chi connectivity index (χ1) is 7.59. The van der Waals surface area contributed by atoms with Gasteiger partial charge in [0.1, 0.15) is 6.04 Å². The first-order valence-electron chi connectivity index (χ1n) is 4.86. The summed E-state index contributed by atoms with van der Waals surface area (Å²) in [6, 6.07) is 8.61. The summed E-state index contributed by atoms with van der Waals surface area (Å²) in [6.07, 6.45) is 0.378. The molecule has 0 bridgehead atoms. The molecule has 1 aromatic carbocycles. The number of hydroxylamine groups is 1. The fraction of sp³-hybridized carbons (Fsp3) is 0.273. The van der Waals surface area contributed by atoms with Gasteiger partial charge in [0, 0.05) is 6.92 Å². The number of carbonyl (C=O) groups is 2. The Bertz CT molecular complexity index is 365. The normalized spacial score (nSPS) is 11.8. The van der Waals surface area contributed by atoms with Crippen LogP contribution in [0.3, 0.4) is 0 Å². The van der Waals surface area contributed by atoms with Gasteiger partial charge in [0.05, 0.1) is 0 Å². The number of primary amides is 1. The van der Waals surface area contributed by atoms with Crippen LogP contribution in [0.2, 0.25) is 0 Å². The largest absolute Gasteiger partial charge is 0.370 e. The van der Waals surface area contributed by atoms with Gasteiger partial charge in [-0.25, -0.2) is 0 Å². The maximum Gasteiger partial charge on any atom is 0.321 e. The van der Waals surface area contributed by atoms with Gasteiger partial charge in [0.2, 0.25) is 5.91 Å². The highest BCUT2D eigenvalue weighted by Crippen LogP contribution is 2.02. The van der Waals surface area contributed by atoms with E-state index in [0.717, 1.165) is 5.56 Å². The second-order valence-corrected chi connectivity index (χ2v) is 3.36. The van der Waals surface area contributed by atoms with Gasteiger partial charge >= 0.3 is 5.97 Å². The van der Waals surface area contributed by atoms with E-state index >= 15 is 0 Å². The fourth-order valence-electron chi connectivity index (χ4n) is 1.20. The summed E-state index contributed by atoms with van der Waals surface area (Å²) in [5.41, 5.74) is 8.46. The maximum absolute atomic E-state index is 11.1. The number of hydrogen-bond acceptors (Lipinski definition) is 4. The van der Waals surface area contributed by atoms with Crippen LogP contribution in [0.4, 0.5) is 0 Å². The molecule has 5 nitrogen and oxygen atoms in total.